The molecule has 0 radical (unpaired) electrons. The van der Waals surface area contributed by atoms with E-state index in [4.69, 9.17) is 14.0 Å². The Morgan fingerprint density at radius 1 is 1.17 bits per heavy atom. The molecule has 6 heteroatoms. The van der Waals surface area contributed by atoms with Crippen LogP contribution in [0.5, 0.6) is 0 Å². The van der Waals surface area contributed by atoms with Crippen molar-refractivity contribution in [1.82, 2.24) is 15.7 Å². The molecule has 0 atom stereocenters. The van der Waals surface area contributed by atoms with Crippen LogP contribution in [-0.2, 0) is 16.1 Å². The van der Waals surface area contributed by atoms with Gasteiger partial charge in [-0.2, -0.15) is 5.48 Å². The lowest BCUT2D eigenvalue weighted by Gasteiger charge is -2.01. The van der Waals surface area contributed by atoms with E-state index in [1.165, 1.54) is 0 Å². The first-order valence-electron chi connectivity index (χ1n) is 5.61. The molecule has 1 N–H and O–H groups in total. The van der Waals surface area contributed by atoms with Crippen molar-refractivity contribution < 1.29 is 14.0 Å². The SMILES string of the molecule is COCCONCc1nnc(-c2ccccc2)o1. The van der Waals surface area contributed by atoms with Gasteiger partial charge in [0.15, 0.2) is 0 Å². The Morgan fingerprint density at radius 3 is 2.78 bits per heavy atom. The Labute approximate surface area is 105 Å². The van der Waals surface area contributed by atoms with Gasteiger partial charge in [-0.15, -0.1) is 10.2 Å². The maximum Gasteiger partial charge on any atom is 0.247 e. The maximum atomic E-state index is 5.48. The molecule has 0 spiro atoms. The lowest BCUT2D eigenvalue weighted by molar-refractivity contribution is 0.000426. The second-order valence-corrected chi connectivity index (χ2v) is 3.53. The molecule has 0 aliphatic heterocycles. The molecule has 0 fully saturated rings. The number of benzene rings is 1. The second-order valence-electron chi connectivity index (χ2n) is 3.53. The molecule has 2 rings (SSSR count). The number of hydrogen-bond donors (Lipinski definition) is 1. The molecule has 1 heterocycles. The summed E-state index contributed by atoms with van der Waals surface area (Å²) in [6.07, 6.45) is 0. The summed E-state index contributed by atoms with van der Waals surface area (Å²) in [5.74, 6) is 0.982. The zero-order chi connectivity index (χ0) is 12.6. The number of nitrogens with one attached hydrogen (secondary N) is 1. The average Bonchev–Trinajstić information content (AvgIpc) is 2.88. The maximum absolute atomic E-state index is 5.48. The van der Waals surface area contributed by atoms with Gasteiger partial charge in [0.1, 0.15) is 0 Å². The van der Waals surface area contributed by atoms with Gasteiger partial charge in [0.05, 0.1) is 19.8 Å². The molecule has 0 unspecified atom stereocenters. The van der Waals surface area contributed by atoms with Crippen LogP contribution in [0.2, 0.25) is 0 Å². The smallest absolute Gasteiger partial charge is 0.247 e. The van der Waals surface area contributed by atoms with Crippen LogP contribution in [0.3, 0.4) is 0 Å². The molecular weight excluding hydrogens is 234 g/mol. The van der Waals surface area contributed by atoms with Gasteiger partial charge in [-0.05, 0) is 12.1 Å². The first-order valence-corrected chi connectivity index (χ1v) is 5.61. The average molecular weight is 249 g/mol. The molecule has 0 saturated carbocycles. The highest BCUT2D eigenvalue weighted by Crippen LogP contribution is 2.16. The lowest BCUT2D eigenvalue weighted by atomic mass is 10.2. The van der Waals surface area contributed by atoms with Crippen molar-refractivity contribution in [3.8, 4) is 11.5 Å². The first kappa shape index (κ1) is 12.7. The van der Waals surface area contributed by atoms with E-state index >= 15 is 0 Å². The Hall–Kier alpha value is -1.76. The minimum atomic E-state index is 0.365. The summed E-state index contributed by atoms with van der Waals surface area (Å²) in [4.78, 5) is 5.09. The van der Waals surface area contributed by atoms with Crippen molar-refractivity contribution in [2.75, 3.05) is 20.3 Å². The molecule has 0 saturated heterocycles. The van der Waals surface area contributed by atoms with Gasteiger partial charge < -0.3 is 9.15 Å². The van der Waals surface area contributed by atoms with Crippen molar-refractivity contribution in [3.05, 3.63) is 36.2 Å². The van der Waals surface area contributed by atoms with Crippen LogP contribution >= 0.6 is 0 Å². The van der Waals surface area contributed by atoms with Gasteiger partial charge >= 0.3 is 0 Å². The largest absolute Gasteiger partial charge is 0.419 e. The standard InChI is InChI=1S/C12H15N3O3/c1-16-7-8-17-13-9-11-14-15-12(18-11)10-5-3-2-4-6-10/h2-6,13H,7-9H2,1H3. The summed E-state index contributed by atoms with van der Waals surface area (Å²) in [7, 11) is 1.62. The first-order chi connectivity index (χ1) is 8.90. The fourth-order valence-corrected chi connectivity index (χ4v) is 1.33. The van der Waals surface area contributed by atoms with E-state index < -0.39 is 0 Å². The summed E-state index contributed by atoms with van der Waals surface area (Å²) in [6, 6.07) is 9.61. The lowest BCUT2D eigenvalue weighted by Crippen LogP contribution is -2.17. The second kappa shape index (κ2) is 6.85. The fourth-order valence-electron chi connectivity index (χ4n) is 1.33. The number of ether oxygens (including phenoxy) is 1. The van der Waals surface area contributed by atoms with Crippen LogP contribution in [0.4, 0.5) is 0 Å². The minimum absolute atomic E-state index is 0.365. The van der Waals surface area contributed by atoms with Gasteiger partial charge in [-0.25, -0.2) is 0 Å². The third-order valence-electron chi connectivity index (χ3n) is 2.20. The number of hydroxylamine groups is 1. The molecule has 1 aromatic carbocycles. The molecule has 0 aliphatic carbocycles. The van der Waals surface area contributed by atoms with E-state index in [0.29, 0.717) is 31.5 Å². The number of aromatic nitrogens is 2. The Morgan fingerprint density at radius 2 is 2.00 bits per heavy atom. The molecule has 0 amide bonds. The highest BCUT2D eigenvalue weighted by atomic mass is 16.7. The van der Waals surface area contributed by atoms with Crippen LogP contribution in [0.25, 0.3) is 11.5 Å². The van der Waals surface area contributed by atoms with E-state index in [9.17, 15) is 0 Å². The zero-order valence-corrected chi connectivity index (χ0v) is 10.1. The summed E-state index contributed by atoms with van der Waals surface area (Å²) in [5, 5.41) is 7.88. The van der Waals surface area contributed by atoms with Crippen molar-refractivity contribution >= 4 is 0 Å². The molecule has 0 aliphatic rings. The quantitative estimate of drug-likeness (QED) is 0.591. The van der Waals surface area contributed by atoms with Crippen molar-refractivity contribution in [2.45, 2.75) is 6.54 Å². The van der Waals surface area contributed by atoms with E-state index in [1.54, 1.807) is 7.11 Å². The molecule has 6 nitrogen and oxygen atoms in total. The fraction of sp³-hybridized carbons (Fsp3) is 0.333. The van der Waals surface area contributed by atoms with E-state index in [-0.39, 0.29) is 0 Å². The summed E-state index contributed by atoms with van der Waals surface area (Å²) in [6.45, 7) is 1.37. The monoisotopic (exact) mass is 249 g/mol. The molecule has 1 aromatic heterocycles. The summed E-state index contributed by atoms with van der Waals surface area (Å²) >= 11 is 0. The predicted octanol–water partition coefficient (Wildman–Crippen LogP) is 1.40. The Kier molecular flexibility index (Phi) is 4.83. The predicted molar refractivity (Wildman–Crippen MR) is 64.4 cm³/mol. The van der Waals surface area contributed by atoms with E-state index in [1.807, 2.05) is 30.3 Å². The van der Waals surface area contributed by atoms with Crippen LogP contribution in [-0.4, -0.2) is 30.5 Å². The minimum Gasteiger partial charge on any atom is -0.419 e. The summed E-state index contributed by atoms with van der Waals surface area (Å²) in [5.41, 5.74) is 3.62. The number of hydrogen-bond acceptors (Lipinski definition) is 6. The molecule has 2 aromatic rings. The number of rotatable bonds is 7. The third kappa shape index (κ3) is 3.63. The van der Waals surface area contributed by atoms with Gasteiger partial charge in [0, 0.05) is 12.7 Å². The van der Waals surface area contributed by atoms with Crippen molar-refractivity contribution in [1.29, 1.82) is 0 Å². The highest BCUT2D eigenvalue weighted by Gasteiger charge is 2.07. The zero-order valence-electron chi connectivity index (χ0n) is 10.1. The van der Waals surface area contributed by atoms with Gasteiger partial charge in [-0.3, -0.25) is 4.84 Å². The van der Waals surface area contributed by atoms with Crippen LogP contribution in [0.1, 0.15) is 5.89 Å². The van der Waals surface area contributed by atoms with Gasteiger partial charge in [0.25, 0.3) is 0 Å². The van der Waals surface area contributed by atoms with Gasteiger partial charge in [-0.1, -0.05) is 18.2 Å². The van der Waals surface area contributed by atoms with E-state index in [0.717, 1.165) is 5.56 Å². The number of nitrogens with zero attached hydrogens (tertiary/aromatic N) is 2. The normalized spacial score (nSPS) is 10.7. The van der Waals surface area contributed by atoms with Crippen LogP contribution in [0.15, 0.2) is 34.7 Å². The summed E-state index contributed by atoms with van der Waals surface area (Å²) < 4.78 is 10.3. The number of methoxy groups -OCH3 is 1. The Bertz CT molecular complexity index is 459. The molecular formula is C12H15N3O3. The highest BCUT2D eigenvalue weighted by molar-refractivity contribution is 5.51. The van der Waals surface area contributed by atoms with E-state index in [2.05, 4.69) is 15.7 Å². The molecule has 18 heavy (non-hydrogen) atoms. The molecule has 0 bridgehead atoms. The van der Waals surface area contributed by atoms with Crippen molar-refractivity contribution in [2.24, 2.45) is 0 Å². The third-order valence-corrected chi connectivity index (χ3v) is 2.20. The van der Waals surface area contributed by atoms with Crippen LogP contribution in [0, 0.1) is 0 Å². The van der Waals surface area contributed by atoms with Crippen LogP contribution < -0.4 is 5.48 Å². The topological polar surface area (TPSA) is 69.4 Å². The van der Waals surface area contributed by atoms with Gasteiger partial charge in [0.2, 0.25) is 11.8 Å². The Balaban J connectivity index is 1.83. The molecule has 96 valence electrons. The van der Waals surface area contributed by atoms with Crippen molar-refractivity contribution in [3.63, 3.8) is 0 Å².